The predicted molar refractivity (Wildman–Crippen MR) is 67.0 cm³/mol. The average Bonchev–Trinajstić information content (AvgIpc) is 2.65. The molecule has 1 rings (SSSR count). The van der Waals surface area contributed by atoms with Crippen molar-refractivity contribution in [1.29, 1.82) is 0 Å². The van der Waals surface area contributed by atoms with Gasteiger partial charge >= 0.3 is 0 Å². The summed E-state index contributed by atoms with van der Waals surface area (Å²) in [5.41, 5.74) is 0. The minimum atomic E-state index is -0.297. The molecule has 92 valence electrons. The van der Waals surface area contributed by atoms with Crippen molar-refractivity contribution in [2.75, 3.05) is 25.0 Å². The fraction of sp³-hybridized carbons (Fsp3) is 0.800. The Morgan fingerprint density at radius 1 is 1.31 bits per heavy atom. The van der Waals surface area contributed by atoms with Crippen molar-refractivity contribution in [3.8, 4) is 0 Å². The SMILES string of the molecule is CC(O)CNCCNc1nc(C(C)C)ns1. The number of aromatic nitrogens is 2. The van der Waals surface area contributed by atoms with E-state index in [1.807, 2.05) is 0 Å². The molecule has 5 nitrogen and oxygen atoms in total. The van der Waals surface area contributed by atoms with Crippen LogP contribution < -0.4 is 10.6 Å². The van der Waals surface area contributed by atoms with E-state index in [-0.39, 0.29) is 6.10 Å². The second-order valence-electron chi connectivity index (χ2n) is 4.09. The largest absolute Gasteiger partial charge is 0.392 e. The summed E-state index contributed by atoms with van der Waals surface area (Å²) in [6, 6.07) is 0. The molecule has 0 saturated carbocycles. The molecule has 0 bridgehead atoms. The Hall–Kier alpha value is -0.720. The van der Waals surface area contributed by atoms with E-state index in [0.717, 1.165) is 24.0 Å². The van der Waals surface area contributed by atoms with Crippen molar-refractivity contribution >= 4 is 16.7 Å². The zero-order chi connectivity index (χ0) is 12.0. The molecule has 16 heavy (non-hydrogen) atoms. The quantitative estimate of drug-likeness (QED) is 0.625. The molecule has 1 aromatic heterocycles. The fourth-order valence-corrected chi connectivity index (χ4v) is 1.84. The van der Waals surface area contributed by atoms with Crippen molar-refractivity contribution < 1.29 is 5.11 Å². The van der Waals surface area contributed by atoms with E-state index < -0.39 is 0 Å². The van der Waals surface area contributed by atoms with E-state index in [0.29, 0.717) is 12.5 Å². The van der Waals surface area contributed by atoms with Crippen molar-refractivity contribution in [2.45, 2.75) is 32.8 Å². The molecule has 0 fully saturated rings. The molecular formula is C10H20N4OS. The normalized spacial score (nSPS) is 13.1. The molecule has 0 radical (unpaired) electrons. The van der Waals surface area contributed by atoms with Crippen LogP contribution in [0.4, 0.5) is 5.13 Å². The van der Waals surface area contributed by atoms with Gasteiger partial charge in [0, 0.05) is 37.1 Å². The lowest BCUT2D eigenvalue weighted by atomic mass is 10.2. The maximum Gasteiger partial charge on any atom is 0.202 e. The van der Waals surface area contributed by atoms with Gasteiger partial charge < -0.3 is 15.7 Å². The second-order valence-corrected chi connectivity index (χ2v) is 4.84. The summed E-state index contributed by atoms with van der Waals surface area (Å²) in [5, 5.41) is 16.2. The van der Waals surface area contributed by atoms with Gasteiger partial charge in [0.2, 0.25) is 5.13 Å². The molecule has 1 aromatic rings. The average molecular weight is 244 g/mol. The second kappa shape index (κ2) is 6.78. The molecule has 1 atom stereocenters. The summed E-state index contributed by atoms with van der Waals surface area (Å²) in [6.45, 7) is 8.14. The summed E-state index contributed by atoms with van der Waals surface area (Å²) in [4.78, 5) is 4.36. The number of rotatable bonds is 7. The van der Waals surface area contributed by atoms with Gasteiger partial charge in [-0.05, 0) is 6.92 Å². The number of nitrogens with one attached hydrogen (secondary N) is 2. The van der Waals surface area contributed by atoms with Gasteiger partial charge in [-0.2, -0.15) is 4.37 Å². The Bertz CT molecular complexity index is 301. The highest BCUT2D eigenvalue weighted by Crippen LogP contribution is 2.16. The maximum atomic E-state index is 9.03. The lowest BCUT2D eigenvalue weighted by Crippen LogP contribution is -2.28. The van der Waals surface area contributed by atoms with E-state index in [4.69, 9.17) is 5.11 Å². The maximum absolute atomic E-state index is 9.03. The van der Waals surface area contributed by atoms with E-state index >= 15 is 0 Å². The van der Waals surface area contributed by atoms with Crippen LogP contribution in [0, 0.1) is 0 Å². The third kappa shape index (κ3) is 4.87. The number of aliphatic hydroxyl groups excluding tert-OH is 1. The summed E-state index contributed by atoms with van der Waals surface area (Å²) in [5.74, 6) is 1.27. The van der Waals surface area contributed by atoms with Crippen molar-refractivity contribution in [2.24, 2.45) is 0 Å². The molecule has 0 saturated heterocycles. The minimum Gasteiger partial charge on any atom is -0.392 e. The van der Waals surface area contributed by atoms with Gasteiger partial charge in [0.05, 0.1) is 6.10 Å². The lowest BCUT2D eigenvalue weighted by molar-refractivity contribution is 0.192. The van der Waals surface area contributed by atoms with Gasteiger partial charge in [-0.25, -0.2) is 4.98 Å². The number of nitrogens with zero attached hydrogens (tertiary/aromatic N) is 2. The van der Waals surface area contributed by atoms with Crippen LogP contribution in [0.5, 0.6) is 0 Å². The lowest BCUT2D eigenvalue weighted by Gasteiger charge is -2.06. The van der Waals surface area contributed by atoms with Gasteiger partial charge in [-0.1, -0.05) is 13.8 Å². The minimum absolute atomic E-state index is 0.297. The zero-order valence-corrected chi connectivity index (χ0v) is 10.8. The first-order chi connectivity index (χ1) is 7.59. The molecule has 1 heterocycles. The molecular weight excluding hydrogens is 224 g/mol. The highest BCUT2D eigenvalue weighted by molar-refractivity contribution is 7.09. The number of hydrogen-bond donors (Lipinski definition) is 3. The third-order valence-electron chi connectivity index (χ3n) is 1.98. The van der Waals surface area contributed by atoms with Gasteiger partial charge in [0.15, 0.2) is 0 Å². The third-order valence-corrected chi connectivity index (χ3v) is 2.66. The molecule has 0 amide bonds. The van der Waals surface area contributed by atoms with Crippen LogP contribution in [0.15, 0.2) is 0 Å². The first-order valence-corrected chi connectivity index (χ1v) is 6.33. The smallest absolute Gasteiger partial charge is 0.202 e. The highest BCUT2D eigenvalue weighted by Gasteiger charge is 2.06. The van der Waals surface area contributed by atoms with Crippen LogP contribution >= 0.6 is 11.5 Å². The summed E-state index contributed by atoms with van der Waals surface area (Å²) in [7, 11) is 0. The van der Waals surface area contributed by atoms with Crippen LogP contribution in [0.25, 0.3) is 0 Å². The van der Waals surface area contributed by atoms with Crippen molar-refractivity contribution in [1.82, 2.24) is 14.7 Å². The Labute approximate surface area is 100 Å². The molecule has 6 heteroatoms. The van der Waals surface area contributed by atoms with Crippen LogP contribution in [0.3, 0.4) is 0 Å². The van der Waals surface area contributed by atoms with Gasteiger partial charge in [-0.3, -0.25) is 0 Å². The van der Waals surface area contributed by atoms with Gasteiger partial charge in [0.1, 0.15) is 5.82 Å². The fourth-order valence-electron chi connectivity index (χ4n) is 1.11. The molecule has 0 spiro atoms. The molecule has 0 aliphatic rings. The zero-order valence-electron chi connectivity index (χ0n) is 10.0. The van der Waals surface area contributed by atoms with E-state index in [1.165, 1.54) is 11.5 Å². The Balaban J connectivity index is 2.17. The molecule has 3 N–H and O–H groups in total. The van der Waals surface area contributed by atoms with Crippen LogP contribution in [-0.2, 0) is 0 Å². The van der Waals surface area contributed by atoms with Crippen LogP contribution in [0.1, 0.15) is 32.5 Å². The van der Waals surface area contributed by atoms with Gasteiger partial charge in [-0.15, -0.1) is 0 Å². The van der Waals surface area contributed by atoms with Crippen molar-refractivity contribution in [3.63, 3.8) is 0 Å². The standard InChI is InChI=1S/C10H20N4OS/c1-7(2)9-13-10(16-14-9)12-5-4-11-6-8(3)15/h7-8,11,15H,4-6H2,1-3H3,(H,12,13,14). The number of aliphatic hydroxyl groups is 1. The van der Waals surface area contributed by atoms with Crippen LogP contribution in [0.2, 0.25) is 0 Å². The molecule has 1 unspecified atom stereocenters. The topological polar surface area (TPSA) is 70.1 Å². The molecule has 0 aliphatic heterocycles. The Morgan fingerprint density at radius 2 is 2.06 bits per heavy atom. The number of hydrogen-bond acceptors (Lipinski definition) is 6. The van der Waals surface area contributed by atoms with E-state index in [9.17, 15) is 0 Å². The summed E-state index contributed by atoms with van der Waals surface area (Å²) in [6.07, 6.45) is -0.297. The summed E-state index contributed by atoms with van der Waals surface area (Å²) >= 11 is 1.39. The monoisotopic (exact) mass is 244 g/mol. The Morgan fingerprint density at radius 3 is 2.62 bits per heavy atom. The first-order valence-electron chi connectivity index (χ1n) is 5.56. The summed E-state index contributed by atoms with van der Waals surface area (Å²) < 4.78 is 4.25. The van der Waals surface area contributed by atoms with Gasteiger partial charge in [0.25, 0.3) is 0 Å². The molecule has 0 aliphatic carbocycles. The number of anilines is 1. The first kappa shape index (κ1) is 13.3. The highest BCUT2D eigenvalue weighted by atomic mass is 32.1. The van der Waals surface area contributed by atoms with Crippen LogP contribution in [-0.4, -0.2) is 40.2 Å². The van der Waals surface area contributed by atoms with E-state index in [1.54, 1.807) is 6.92 Å². The predicted octanol–water partition coefficient (Wildman–Crippen LogP) is 1.04. The molecule has 0 aromatic carbocycles. The van der Waals surface area contributed by atoms with E-state index in [2.05, 4.69) is 33.8 Å². The van der Waals surface area contributed by atoms with Crippen molar-refractivity contribution in [3.05, 3.63) is 5.82 Å². The Kier molecular flexibility index (Phi) is 5.65.